The van der Waals surface area contributed by atoms with E-state index in [1.165, 1.54) is 6.20 Å². The summed E-state index contributed by atoms with van der Waals surface area (Å²) < 4.78 is 7.07. The van der Waals surface area contributed by atoms with Crippen molar-refractivity contribution in [3.63, 3.8) is 0 Å². The molecular formula is C18H20N4O4. The number of aromatic carboxylic acids is 1. The first-order chi connectivity index (χ1) is 12.6. The molecule has 2 aliphatic heterocycles. The highest BCUT2D eigenvalue weighted by Crippen LogP contribution is 2.27. The Kier molecular flexibility index (Phi) is 4.32. The average Bonchev–Trinajstić information content (AvgIpc) is 3.31. The monoisotopic (exact) mass is 356 g/mol. The summed E-state index contributed by atoms with van der Waals surface area (Å²) in [6.07, 6.45) is 4.39. The molecule has 1 aromatic carbocycles. The van der Waals surface area contributed by atoms with Gasteiger partial charge in [0.05, 0.1) is 25.3 Å². The number of carbonyl (C=O) groups excluding carboxylic acids is 1. The van der Waals surface area contributed by atoms with Gasteiger partial charge in [-0.3, -0.25) is 4.79 Å². The Labute approximate surface area is 150 Å². The Morgan fingerprint density at radius 3 is 3.04 bits per heavy atom. The van der Waals surface area contributed by atoms with Crippen LogP contribution in [0.4, 0.5) is 0 Å². The maximum absolute atomic E-state index is 12.7. The summed E-state index contributed by atoms with van der Waals surface area (Å²) in [6, 6.07) is 5.90. The molecule has 4 rings (SSSR count). The second-order valence-corrected chi connectivity index (χ2v) is 6.74. The van der Waals surface area contributed by atoms with E-state index in [0.29, 0.717) is 26.1 Å². The molecule has 0 saturated carbocycles. The highest BCUT2D eigenvalue weighted by molar-refractivity contribution is 5.84. The smallest absolute Gasteiger partial charge is 0.358 e. The molecule has 2 aromatic rings. The highest BCUT2D eigenvalue weighted by atomic mass is 16.5. The minimum atomic E-state index is -1.10. The third kappa shape index (κ3) is 3.26. The van der Waals surface area contributed by atoms with Crippen LogP contribution in [0.25, 0.3) is 0 Å². The number of benzene rings is 1. The van der Waals surface area contributed by atoms with Crippen molar-refractivity contribution in [3.8, 4) is 5.75 Å². The average molecular weight is 356 g/mol. The predicted molar refractivity (Wildman–Crippen MR) is 91.2 cm³/mol. The molecule has 0 radical (unpaired) electrons. The van der Waals surface area contributed by atoms with Gasteiger partial charge in [-0.25, -0.2) is 9.48 Å². The van der Waals surface area contributed by atoms with Crippen molar-refractivity contribution in [3.05, 3.63) is 41.2 Å². The Bertz CT molecular complexity index is 847. The van der Waals surface area contributed by atoms with Crippen molar-refractivity contribution in [1.82, 2.24) is 19.9 Å². The third-order valence-corrected chi connectivity index (χ3v) is 4.96. The molecule has 1 unspecified atom stereocenters. The quantitative estimate of drug-likeness (QED) is 0.887. The van der Waals surface area contributed by atoms with E-state index in [1.807, 2.05) is 17.0 Å². The van der Waals surface area contributed by atoms with Crippen molar-refractivity contribution >= 4 is 11.9 Å². The molecule has 0 spiro atoms. The molecule has 8 heteroatoms. The zero-order chi connectivity index (χ0) is 18.1. The molecule has 1 N–H and O–H groups in total. The fourth-order valence-corrected chi connectivity index (χ4v) is 3.59. The lowest BCUT2D eigenvalue weighted by atomic mass is 10.0. The maximum atomic E-state index is 12.7. The van der Waals surface area contributed by atoms with Crippen molar-refractivity contribution in [2.24, 2.45) is 0 Å². The number of ether oxygens (including phenoxy) is 1. The lowest BCUT2D eigenvalue weighted by Gasteiger charge is -2.32. The van der Waals surface area contributed by atoms with Crippen LogP contribution in [0.2, 0.25) is 0 Å². The number of amides is 1. The number of aromatic nitrogens is 3. The molecule has 8 nitrogen and oxygen atoms in total. The molecule has 1 atom stereocenters. The Morgan fingerprint density at radius 1 is 1.35 bits per heavy atom. The van der Waals surface area contributed by atoms with Gasteiger partial charge in [0.25, 0.3) is 0 Å². The summed E-state index contributed by atoms with van der Waals surface area (Å²) in [5.74, 6) is -0.104. The highest BCUT2D eigenvalue weighted by Gasteiger charge is 2.26. The van der Waals surface area contributed by atoms with Gasteiger partial charge in [-0.1, -0.05) is 17.3 Å². The summed E-state index contributed by atoms with van der Waals surface area (Å²) in [4.78, 5) is 25.5. The summed E-state index contributed by atoms with van der Waals surface area (Å²) in [5.41, 5.74) is 2.08. The first kappa shape index (κ1) is 16.6. The fraction of sp³-hybridized carbons (Fsp3) is 0.444. The first-order valence-electron chi connectivity index (χ1n) is 8.77. The number of likely N-dealkylation sites (tertiary alicyclic amines) is 1. The van der Waals surface area contributed by atoms with Gasteiger partial charge in [0, 0.05) is 19.5 Å². The van der Waals surface area contributed by atoms with Crippen LogP contribution in [0, 0.1) is 0 Å². The molecule has 136 valence electrons. The van der Waals surface area contributed by atoms with Crippen LogP contribution in [0.5, 0.6) is 5.75 Å². The standard InChI is InChI=1S/C18H20N4O4/c23-17(9-12-3-4-16-13(8-12)5-7-26-16)21-6-1-2-14(10-21)22-11-15(18(24)25)19-20-22/h3-4,8,11,14H,1-2,5-7,9-10H2,(H,24,25). The molecule has 1 fully saturated rings. The van der Waals surface area contributed by atoms with Gasteiger partial charge in [-0.05, 0) is 30.0 Å². The van der Waals surface area contributed by atoms with Crippen molar-refractivity contribution in [1.29, 1.82) is 0 Å². The second-order valence-electron chi connectivity index (χ2n) is 6.74. The molecule has 3 heterocycles. The predicted octanol–water partition coefficient (Wildman–Crippen LogP) is 1.32. The van der Waals surface area contributed by atoms with Gasteiger partial charge in [0.15, 0.2) is 5.69 Å². The number of nitrogens with zero attached hydrogens (tertiary/aromatic N) is 4. The molecule has 1 amide bonds. The third-order valence-electron chi connectivity index (χ3n) is 4.96. The van der Waals surface area contributed by atoms with Crippen molar-refractivity contribution in [2.45, 2.75) is 31.7 Å². The number of piperidine rings is 1. The Balaban J connectivity index is 1.42. The van der Waals surface area contributed by atoms with Gasteiger partial charge in [-0.15, -0.1) is 5.10 Å². The van der Waals surface area contributed by atoms with Gasteiger partial charge in [-0.2, -0.15) is 0 Å². The van der Waals surface area contributed by atoms with Crippen LogP contribution >= 0.6 is 0 Å². The number of hydrogen-bond donors (Lipinski definition) is 1. The number of carboxylic acid groups (broad SMARTS) is 1. The Hall–Kier alpha value is -2.90. The van der Waals surface area contributed by atoms with Crippen molar-refractivity contribution < 1.29 is 19.4 Å². The van der Waals surface area contributed by atoms with E-state index in [9.17, 15) is 9.59 Å². The zero-order valence-electron chi connectivity index (χ0n) is 14.3. The summed E-state index contributed by atoms with van der Waals surface area (Å²) in [7, 11) is 0. The SMILES string of the molecule is O=C(O)c1cn(C2CCCN(C(=O)Cc3ccc4c(c3)CCO4)C2)nn1. The molecule has 1 aromatic heterocycles. The molecular weight excluding hydrogens is 336 g/mol. The summed E-state index contributed by atoms with van der Waals surface area (Å²) in [6.45, 7) is 1.94. The number of carbonyl (C=O) groups is 2. The zero-order valence-corrected chi connectivity index (χ0v) is 14.3. The van der Waals surface area contributed by atoms with Gasteiger partial charge in [0.2, 0.25) is 5.91 Å². The largest absolute Gasteiger partial charge is 0.493 e. The number of rotatable bonds is 4. The van der Waals surface area contributed by atoms with E-state index in [4.69, 9.17) is 9.84 Å². The normalized spacial score (nSPS) is 19.1. The molecule has 0 aliphatic carbocycles. The lowest BCUT2D eigenvalue weighted by Crippen LogP contribution is -2.41. The maximum Gasteiger partial charge on any atom is 0.358 e. The molecule has 1 saturated heterocycles. The van der Waals surface area contributed by atoms with Crippen LogP contribution in [-0.4, -0.2) is 56.6 Å². The van der Waals surface area contributed by atoms with E-state index < -0.39 is 5.97 Å². The fourth-order valence-electron chi connectivity index (χ4n) is 3.59. The van der Waals surface area contributed by atoms with Crippen LogP contribution in [0.3, 0.4) is 0 Å². The summed E-state index contributed by atoms with van der Waals surface area (Å²) in [5, 5.41) is 16.6. The van der Waals surface area contributed by atoms with Crippen LogP contribution in [0.15, 0.2) is 24.4 Å². The minimum absolute atomic E-state index is 0.0401. The lowest BCUT2D eigenvalue weighted by molar-refractivity contribution is -0.132. The molecule has 0 bridgehead atoms. The van der Waals surface area contributed by atoms with Gasteiger partial charge < -0.3 is 14.7 Å². The van der Waals surface area contributed by atoms with Crippen LogP contribution in [-0.2, 0) is 17.6 Å². The van der Waals surface area contributed by atoms with Crippen LogP contribution in [0.1, 0.15) is 40.5 Å². The van der Waals surface area contributed by atoms with E-state index in [2.05, 4.69) is 16.4 Å². The second kappa shape index (κ2) is 6.78. The number of hydrogen-bond acceptors (Lipinski definition) is 5. The van der Waals surface area contributed by atoms with Gasteiger partial charge in [0.1, 0.15) is 5.75 Å². The Morgan fingerprint density at radius 2 is 2.23 bits per heavy atom. The van der Waals surface area contributed by atoms with E-state index in [1.54, 1.807) is 4.68 Å². The van der Waals surface area contributed by atoms with E-state index in [0.717, 1.165) is 36.1 Å². The summed E-state index contributed by atoms with van der Waals surface area (Å²) >= 11 is 0. The topological polar surface area (TPSA) is 97.5 Å². The first-order valence-corrected chi connectivity index (χ1v) is 8.77. The van der Waals surface area contributed by atoms with Crippen LogP contribution < -0.4 is 4.74 Å². The van der Waals surface area contributed by atoms with E-state index in [-0.39, 0.29) is 17.6 Å². The number of carboxylic acids is 1. The van der Waals surface area contributed by atoms with Gasteiger partial charge >= 0.3 is 5.97 Å². The number of fused-ring (bicyclic) bond motifs is 1. The van der Waals surface area contributed by atoms with E-state index >= 15 is 0 Å². The minimum Gasteiger partial charge on any atom is -0.493 e. The molecule has 2 aliphatic rings. The molecule has 26 heavy (non-hydrogen) atoms. The van der Waals surface area contributed by atoms with Crippen molar-refractivity contribution in [2.75, 3.05) is 19.7 Å².